The van der Waals surface area contributed by atoms with Crippen LogP contribution in [0.15, 0.2) is 65.6 Å². The minimum Gasteiger partial charge on any atom is -0.488 e. The number of nitrogens with one attached hydrogen (secondary N) is 1. The maximum atomic E-state index is 11.8. The van der Waals surface area contributed by atoms with E-state index >= 15 is 0 Å². The van der Waals surface area contributed by atoms with Gasteiger partial charge in [-0.25, -0.2) is 9.89 Å². The highest BCUT2D eigenvalue weighted by Gasteiger charge is 2.12. The first-order chi connectivity index (χ1) is 13.6. The van der Waals surface area contributed by atoms with Crippen molar-refractivity contribution < 1.29 is 4.74 Å². The van der Waals surface area contributed by atoms with Gasteiger partial charge in [-0.2, -0.15) is 4.68 Å². The summed E-state index contributed by atoms with van der Waals surface area (Å²) in [6.45, 7) is 2.20. The third-order valence-electron chi connectivity index (χ3n) is 4.28. The molecule has 2 aromatic carbocycles. The second kappa shape index (κ2) is 7.66. The molecule has 1 N–H and O–H groups in total. The number of ether oxygens (including phenoxy) is 1. The summed E-state index contributed by atoms with van der Waals surface area (Å²) in [5.74, 6) is 0.659. The maximum Gasteiger partial charge on any atom is 0.365 e. The highest BCUT2D eigenvalue weighted by molar-refractivity contribution is 6.33. The quantitative estimate of drug-likeness (QED) is 0.560. The summed E-state index contributed by atoms with van der Waals surface area (Å²) < 4.78 is 7.19. The molecule has 140 valence electrons. The third-order valence-corrected chi connectivity index (χ3v) is 4.59. The number of hydrogen-bond acceptors (Lipinski definition) is 5. The summed E-state index contributed by atoms with van der Waals surface area (Å²) in [7, 11) is 0. The van der Waals surface area contributed by atoms with Crippen molar-refractivity contribution in [2.24, 2.45) is 0 Å². The van der Waals surface area contributed by atoms with Gasteiger partial charge in [-0.05, 0) is 53.2 Å². The van der Waals surface area contributed by atoms with Crippen LogP contribution in [0, 0.1) is 6.92 Å². The number of halogens is 1. The first-order valence-corrected chi connectivity index (χ1v) is 8.94. The molecule has 0 saturated heterocycles. The van der Waals surface area contributed by atoms with Crippen LogP contribution in [0.5, 0.6) is 5.75 Å². The first kappa shape index (κ1) is 17.9. The Morgan fingerprint density at radius 3 is 2.71 bits per heavy atom. The van der Waals surface area contributed by atoms with Gasteiger partial charge in [-0.3, -0.25) is 4.98 Å². The second-order valence-corrected chi connectivity index (χ2v) is 6.56. The second-order valence-electron chi connectivity index (χ2n) is 6.15. The van der Waals surface area contributed by atoms with Gasteiger partial charge in [0.2, 0.25) is 0 Å². The number of tetrazole rings is 1. The molecular formula is C20H16ClN5O2. The van der Waals surface area contributed by atoms with Crippen molar-refractivity contribution in [3.63, 3.8) is 0 Å². The van der Waals surface area contributed by atoms with Crippen molar-refractivity contribution in [2.45, 2.75) is 13.5 Å². The normalized spacial score (nSPS) is 10.8. The van der Waals surface area contributed by atoms with E-state index in [0.29, 0.717) is 16.5 Å². The predicted molar refractivity (Wildman–Crippen MR) is 106 cm³/mol. The van der Waals surface area contributed by atoms with E-state index in [-0.39, 0.29) is 6.61 Å². The standard InChI is InChI=1S/C20H16ClN5O2/c1-13-10-15(17-7-4-5-9-22-17)16(21)11-19(13)28-12-14-6-2-3-8-18(14)26-20(27)23-24-25-26/h2-11H,12H2,1H3,(H,23,25,27). The molecule has 0 bridgehead atoms. The van der Waals surface area contributed by atoms with Gasteiger partial charge < -0.3 is 4.74 Å². The minimum absolute atomic E-state index is 0.246. The number of para-hydroxylation sites is 1. The van der Waals surface area contributed by atoms with Crippen molar-refractivity contribution in [3.8, 4) is 22.7 Å². The number of rotatable bonds is 5. The number of nitrogens with zero attached hydrogens (tertiary/aromatic N) is 4. The van der Waals surface area contributed by atoms with Crippen molar-refractivity contribution in [3.05, 3.63) is 87.4 Å². The smallest absolute Gasteiger partial charge is 0.365 e. The van der Waals surface area contributed by atoms with E-state index in [1.165, 1.54) is 4.68 Å². The fourth-order valence-electron chi connectivity index (χ4n) is 2.89. The zero-order valence-electron chi connectivity index (χ0n) is 15.0. The molecule has 7 nitrogen and oxygen atoms in total. The number of benzene rings is 2. The average Bonchev–Trinajstić information content (AvgIpc) is 3.15. The van der Waals surface area contributed by atoms with Crippen molar-refractivity contribution >= 4 is 11.6 Å². The molecule has 2 aromatic heterocycles. The summed E-state index contributed by atoms with van der Waals surface area (Å²) in [6, 6.07) is 16.8. The highest BCUT2D eigenvalue weighted by atomic mass is 35.5. The first-order valence-electron chi connectivity index (χ1n) is 8.56. The lowest BCUT2D eigenvalue weighted by Gasteiger charge is -2.14. The molecule has 0 aliphatic rings. The lowest BCUT2D eigenvalue weighted by Crippen LogP contribution is -2.18. The van der Waals surface area contributed by atoms with Crippen LogP contribution < -0.4 is 10.4 Å². The Hall–Kier alpha value is -3.45. The van der Waals surface area contributed by atoms with Crippen LogP contribution in [-0.2, 0) is 6.61 Å². The Morgan fingerprint density at radius 1 is 1.14 bits per heavy atom. The lowest BCUT2D eigenvalue weighted by molar-refractivity contribution is 0.303. The number of pyridine rings is 1. The topological polar surface area (TPSA) is 85.7 Å². The fourth-order valence-corrected chi connectivity index (χ4v) is 3.14. The molecule has 0 unspecified atom stereocenters. The van der Waals surface area contributed by atoms with Crippen LogP contribution in [0.3, 0.4) is 0 Å². The molecule has 0 saturated carbocycles. The number of aromatic amines is 1. The summed E-state index contributed by atoms with van der Waals surface area (Å²) in [5.41, 5.74) is 3.57. The molecule has 28 heavy (non-hydrogen) atoms. The van der Waals surface area contributed by atoms with Gasteiger partial charge in [0.25, 0.3) is 0 Å². The summed E-state index contributed by atoms with van der Waals surface area (Å²) in [4.78, 5) is 16.2. The van der Waals surface area contributed by atoms with Crippen molar-refractivity contribution in [2.75, 3.05) is 0 Å². The van der Waals surface area contributed by atoms with Gasteiger partial charge >= 0.3 is 5.69 Å². The van der Waals surface area contributed by atoms with E-state index in [4.69, 9.17) is 16.3 Å². The number of hydrogen-bond donors (Lipinski definition) is 1. The maximum absolute atomic E-state index is 11.8. The summed E-state index contributed by atoms with van der Waals surface area (Å²) in [5, 5.41) is 10.2. The summed E-state index contributed by atoms with van der Waals surface area (Å²) in [6.07, 6.45) is 1.73. The lowest BCUT2D eigenvalue weighted by atomic mass is 10.1. The Balaban J connectivity index is 1.61. The third kappa shape index (κ3) is 3.52. The minimum atomic E-state index is -0.411. The SMILES string of the molecule is Cc1cc(-c2ccccn2)c(Cl)cc1OCc1ccccc1-n1nn[nH]c1=O. The van der Waals surface area contributed by atoms with Crippen LogP contribution >= 0.6 is 11.6 Å². The molecule has 0 fully saturated rings. The van der Waals surface area contributed by atoms with E-state index in [2.05, 4.69) is 20.5 Å². The molecular weight excluding hydrogens is 378 g/mol. The molecule has 8 heteroatoms. The van der Waals surface area contributed by atoms with E-state index in [9.17, 15) is 4.79 Å². The number of H-pyrrole nitrogens is 1. The van der Waals surface area contributed by atoms with Gasteiger partial charge in [0.1, 0.15) is 12.4 Å². The number of aromatic nitrogens is 5. The zero-order valence-corrected chi connectivity index (χ0v) is 15.7. The zero-order chi connectivity index (χ0) is 19.5. The molecule has 0 atom stereocenters. The van der Waals surface area contributed by atoms with Crippen molar-refractivity contribution in [1.82, 2.24) is 25.2 Å². The molecule has 0 aliphatic heterocycles. The monoisotopic (exact) mass is 393 g/mol. The van der Waals surface area contributed by atoms with Gasteiger partial charge in [-0.1, -0.05) is 35.9 Å². The van der Waals surface area contributed by atoms with Gasteiger partial charge in [0.15, 0.2) is 0 Å². The van der Waals surface area contributed by atoms with Crippen LogP contribution in [0.25, 0.3) is 16.9 Å². The van der Waals surface area contributed by atoms with E-state index in [0.717, 1.165) is 22.4 Å². The number of aryl methyl sites for hydroxylation is 1. The van der Waals surface area contributed by atoms with E-state index < -0.39 is 5.69 Å². The van der Waals surface area contributed by atoms with Crippen molar-refractivity contribution in [1.29, 1.82) is 0 Å². The van der Waals surface area contributed by atoms with Crippen LogP contribution in [0.1, 0.15) is 11.1 Å². The van der Waals surface area contributed by atoms with Gasteiger partial charge in [0, 0.05) is 17.3 Å². The molecule has 0 spiro atoms. The molecule has 0 radical (unpaired) electrons. The average molecular weight is 394 g/mol. The van der Waals surface area contributed by atoms with Crippen LogP contribution in [0.4, 0.5) is 0 Å². The Morgan fingerprint density at radius 2 is 1.96 bits per heavy atom. The molecule has 0 amide bonds. The Labute approximate surface area is 165 Å². The summed E-state index contributed by atoms with van der Waals surface area (Å²) >= 11 is 6.46. The fraction of sp³-hybridized carbons (Fsp3) is 0.100. The molecule has 4 rings (SSSR count). The largest absolute Gasteiger partial charge is 0.488 e. The molecule has 2 heterocycles. The molecule has 4 aromatic rings. The van der Waals surface area contributed by atoms with Crippen LogP contribution in [-0.4, -0.2) is 25.2 Å². The van der Waals surface area contributed by atoms with Crippen LogP contribution in [0.2, 0.25) is 5.02 Å². The van der Waals surface area contributed by atoms with Gasteiger partial charge in [0.05, 0.1) is 16.4 Å². The molecule has 0 aliphatic carbocycles. The highest BCUT2D eigenvalue weighted by Crippen LogP contribution is 2.33. The van der Waals surface area contributed by atoms with E-state index in [1.54, 1.807) is 18.3 Å². The Bertz CT molecular complexity index is 1170. The Kier molecular flexibility index (Phi) is 4.90. The van der Waals surface area contributed by atoms with E-state index in [1.807, 2.05) is 49.4 Å². The van der Waals surface area contributed by atoms with Gasteiger partial charge in [-0.15, -0.1) is 0 Å². The predicted octanol–water partition coefficient (Wildman–Crippen LogP) is 3.56.